The molecule has 2 atom stereocenters. The first-order valence-corrected chi connectivity index (χ1v) is 7.98. The van der Waals surface area contributed by atoms with Crippen LogP contribution in [-0.4, -0.2) is 38.8 Å². The standard InChI is InChI=1S/C17H17N5O3/c1-10-18-7-14(16-20-9-21-25-16)17(22-10)24-8-11-5-13(11)15-4-3-12(23-2)6-19-15/h3-4,6-7,9,11,13H,5,8H2,1-2H3/t11?,13-/m1/s1. The van der Waals surface area contributed by atoms with E-state index in [9.17, 15) is 0 Å². The van der Waals surface area contributed by atoms with Crippen LogP contribution in [0.3, 0.4) is 0 Å². The molecule has 0 saturated heterocycles. The highest BCUT2D eigenvalue weighted by Crippen LogP contribution is 2.47. The fraction of sp³-hybridized carbons (Fsp3) is 0.353. The Labute approximate surface area is 144 Å². The molecule has 3 aromatic rings. The molecule has 8 nitrogen and oxygen atoms in total. The lowest BCUT2D eigenvalue weighted by Gasteiger charge is -2.08. The molecule has 0 bridgehead atoms. The van der Waals surface area contributed by atoms with Gasteiger partial charge in [-0.15, -0.1) is 0 Å². The first-order valence-electron chi connectivity index (χ1n) is 7.98. The second-order valence-electron chi connectivity index (χ2n) is 5.92. The number of hydrogen-bond acceptors (Lipinski definition) is 8. The molecule has 0 N–H and O–H groups in total. The molecule has 1 aliphatic rings. The maximum absolute atomic E-state index is 5.93. The summed E-state index contributed by atoms with van der Waals surface area (Å²) < 4.78 is 16.2. The van der Waals surface area contributed by atoms with Crippen LogP contribution in [0.15, 0.2) is 35.4 Å². The molecule has 0 aromatic carbocycles. The zero-order valence-electron chi connectivity index (χ0n) is 13.9. The molecule has 8 heteroatoms. The van der Waals surface area contributed by atoms with Crippen LogP contribution in [0.1, 0.15) is 23.9 Å². The van der Waals surface area contributed by atoms with Gasteiger partial charge in [-0.2, -0.15) is 9.97 Å². The predicted molar refractivity (Wildman–Crippen MR) is 87.2 cm³/mol. The number of rotatable bonds is 6. The van der Waals surface area contributed by atoms with E-state index in [-0.39, 0.29) is 0 Å². The quantitative estimate of drug-likeness (QED) is 0.675. The van der Waals surface area contributed by atoms with E-state index >= 15 is 0 Å². The van der Waals surface area contributed by atoms with Crippen LogP contribution in [0.25, 0.3) is 11.5 Å². The molecule has 1 unspecified atom stereocenters. The van der Waals surface area contributed by atoms with Crippen LogP contribution in [0.2, 0.25) is 0 Å². The van der Waals surface area contributed by atoms with E-state index in [1.54, 1.807) is 19.5 Å². The lowest BCUT2D eigenvalue weighted by atomic mass is 10.2. The number of hydrogen-bond donors (Lipinski definition) is 0. The summed E-state index contributed by atoms with van der Waals surface area (Å²) in [6.07, 6.45) is 5.76. The highest BCUT2D eigenvalue weighted by atomic mass is 16.5. The first-order chi connectivity index (χ1) is 12.2. The van der Waals surface area contributed by atoms with Crippen molar-refractivity contribution in [2.45, 2.75) is 19.3 Å². The van der Waals surface area contributed by atoms with Gasteiger partial charge in [0.15, 0.2) is 6.33 Å². The number of methoxy groups -OCH3 is 1. The molecule has 25 heavy (non-hydrogen) atoms. The number of ether oxygens (including phenoxy) is 2. The molecule has 128 valence electrons. The van der Waals surface area contributed by atoms with Crippen LogP contribution < -0.4 is 9.47 Å². The number of aromatic nitrogens is 5. The van der Waals surface area contributed by atoms with Crippen molar-refractivity contribution < 1.29 is 14.0 Å². The molecule has 0 amide bonds. The SMILES string of the molecule is COc1ccc([C@@H]2CC2COc2nc(C)ncc2-c2ncno2)nc1. The summed E-state index contributed by atoms with van der Waals surface area (Å²) in [5.74, 6) is 3.01. The van der Waals surface area contributed by atoms with E-state index in [2.05, 4.69) is 25.1 Å². The summed E-state index contributed by atoms with van der Waals surface area (Å²) in [4.78, 5) is 17.0. The Hall–Kier alpha value is -3.03. The van der Waals surface area contributed by atoms with Gasteiger partial charge in [-0.25, -0.2) is 4.98 Å². The van der Waals surface area contributed by atoms with Crippen molar-refractivity contribution in [1.82, 2.24) is 25.1 Å². The fourth-order valence-corrected chi connectivity index (χ4v) is 2.71. The first kappa shape index (κ1) is 15.5. The third kappa shape index (κ3) is 3.28. The van der Waals surface area contributed by atoms with Crippen molar-refractivity contribution in [3.63, 3.8) is 0 Å². The Bertz CT molecular complexity index is 851. The molecule has 1 fully saturated rings. The molecule has 0 spiro atoms. The van der Waals surface area contributed by atoms with Gasteiger partial charge in [0, 0.05) is 23.7 Å². The van der Waals surface area contributed by atoms with Crippen molar-refractivity contribution >= 4 is 0 Å². The topological polar surface area (TPSA) is 96.1 Å². The summed E-state index contributed by atoms with van der Waals surface area (Å²) in [5.41, 5.74) is 1.66. The minimum atomic E-state index is 0.346. The Morgan fingerprint density at radius 3 is 2.84 bits per heavy atom. The predicted octanol–water partition coefficient (Wildman–Crippen LogP) is 2.42. The normalized spacial score (nSPS) is 18.8. The Kier molecular flexibility index (Phi) is 4.01. The molecule has 0 aliphatic heterocycles. The minimum absolute atomic E-state index is 0.346. The van der Waals surface area contributed by atoms with E-state index in [4.69, 9.17) is 14.0 Å². The Balaban J connectivity index is 1.43. The zero-order valence-corrected chi connectivity index (χ0v) is 13.9. The van der Waals surface area contributed by atoms with Gasteiger partial charge in [0.1, 0.15) is 17.1 Å². The number of pyridine rings is 1. The van der Waals surface area contributed by atoms with Gasteiger partial charge in [0.25, 0.3) is 5.89 Å². The minimum Gasteiger partial charge on any atom is -0.495 e. The zero-order chi connectivity index (χ0) is 17.2. The van der Waals surface area contributed by atoms with Gasteiger partial charge in [0.2, 0.25) is 5.88 Å². The lowest BCUT2D eigenvalue weighted by Crippen LogP contribution is -2.05. The van der Waals surface area contributed by atoms with Gasteiger partial charge >= 0.3 is 0 Å². The van der Waals surface area contributed by atoms with E-state index in [0.717, 1.165) is 17.9 Å². The molecule has 3 aromatic heterocycles. The molecular weight excluding hydrogens is 322 g/mol. The third-order valence-electron chi connectivity index (χ3n) is 4.20. The van der Waals surface area contributed by atoms with Gasteiger partial charge in [-0.1, -0.05) is 5.16 Å². The summed E-state index contributed by atoms with van der Waals surface area (Å²) in [5, 5.41) is 3.62. The molecule has 0 radical (unpaired) electrons. The smallest absolute Gasteiger partial charge is 0.264 e. The van der Waals surface area contributed by atoms with E-state index in [1.165, 1.54) is 6.33 Å². The van der Waals surface area contributed by atoms with Crippen molar-refractivity contribution in [2.75, 3.05) is 13.7 Å². The highest BCUT2D eigenvalue weighted by Gasteiger charge is 2.40. The Morgan fingerprint density at radius 1 is 1.20 bits per heavy atom. The third-order valence-corrected chi connectivity index (χ3v) is 4.20. The number of aryl methyl sites for hydroxylation is 1. The summed E-state index contributed by atoms with van der Waals surface area (Å²) in [7, 11) is 1.63. The van der Waals surface area contributed by atoms with Crippen LogP contribution >= 0.6 is 0 Å². The van der Waals surface area contributed by atoms with E-state index in [0.29, 0.717) is 41.6 Å². The number of nitrogens with zero attached hydrogens (tertiary/aromatic N) is 5. The van der Waals surface area contributed by atoms with Crippen molar-refractivity contribution in [1.29, 1.82) is 0 Å². The van der Waals surface area contributed by atoms with Crippen LogP contribution in [0.4, 0.5) is 0 Å². The molecular formula is C17H17N5O3. The highest BCUT2D eigenvalue weighted by molar-refractivity contribution is 5.58. The van der Waals surface area contributed by atoms with Gasteiger partial charge in [-0.05, 0) is 25.5 Å². The molecule has 1 aliphatic carbocycles. The molecule has 1 saturated carbocycles. The average Bonchev–Trinajstić information content (AvgIpc) is 3.21. The maximum Gasteiger partial charge on any atom is 0.264 e. The molecule has 4 rings (SSSR count). The van der Waals surface area contributed by atoms with E-state index < -0.39 is 0 Å². The fourth-order valence-electron chi connectivity index (χ4n) is 2.71. The second kappa shape index (κ2) is 6.46. The van der Waals surface area contributed by atoms with Crippen molar-refractivity contribution in [2.24, 2.45) is 5.92 Å². The summed E-state index contributed by atoms with van der Waals surface area (Å²) in [6.45, 7) is 2.36. The van der Waals surface area contributed by atoms with Gasteiger partial charge in [0.05, 0.1) is 19.9 Å². The monoisotopic (exact) mass is 339 g/mol. The van der Waals surface area contributed by atoms with Gasteiger partial charge < -0.3 is 14.0 Å². The van der Waals surface area contributed by atoms with Crippen LogP contribution in [0.5, 0.6) is 11.6 Å². The van der Waals surface area contributed by atoms with Crippen molar-refractivity contribution in [3.8, 4) is 23.1 Å². The van der Waals surface area contributed by atoms with E-state index in [1.807, 2.05) is 19.1 Å². The van der Waals surface area contributed by atoms with Gasteiger partial charge in [-0.3, -0.25) is 4.98 Å². The largest absolute Gasteiger partial charge is 0.495 e. The molecule has 3 heterocycles. The summed E-state index contributed by atoms with van der Waals surface area (Å²) in [6, 6.07) is 3.93. The van der Waals surface area contributed by atoms with Crippen LogP contribution in [0, 0.1) is 12.8 Å². The average molecular weight is 339 g/mol. The van der Waals surface area contributed by atoms with Crippen molar-refractivity contribution in [3.05, 3.63) is 42.4 Å². The summed E-state index contributed by atoms with van der Waals surface area (Å²) >= 11 is 0. The van der Waals surface area contributed by atoms with Crippen LogP contribution in [-0.2, 0) is 0 Å². The Morgan fingerprint density at radius 2 is 2.12 bits per heavy atom. The lowest BCUT2D eigenvalue weighted by molar-refractivity contribution is 0.284. The maximum atomic E-state index is 5.93. The second-order valence-corrected chi connectivity index (χ2v) is 5.92.